The molecular weight excluding hydrogens is 552 g/mol. The molecule has 10 heteroatoms. The maximum Gasteiger partial charge on any atom is 0.247 e. The van der Waals surface area contributed by atoms with Crippen LogP contribution in [0.3, 0.4) is 0 Å². The van der Waals surface area contributed by atoms with Gasteiger partial charge in [0.15, 0.2) is 17.5 Å². The summed E-state index contributed by atoms with van der Waals surface area (Å²) in [5.41, 5.74) is 4.07. The maximum absolute atomic E-state index is 14.7. The van der Waals surface area contributed by atoms with Gasteiger partial charge in [0.25, 0.3) is 0 Å². The number of rotatable bonds is 7. The van der Waals surface area contributed by atoms with E-state index in [1.807, 2.05) is 110 Å². The quantitative estimate of drug-likeness (QED) is 0.273. The van der Waals surface area contributed by atoms with Crippen molar-refractivity contribution in [1.29, 1.82) is 0 Å². The standard InChI is InChI=1S/C34H30N8O2/c1-22(2)41(25-13-7-4-8-14-25)30(43)20-40-33-29(19-35-21-37-33)42-31(23-11-5-3-6-12-23)38-39-32(42)27(34(40)44)17-24-18-36-28-16-10-9-15-26(24)28/h3-16,18-19,21-22,27,36H,17,20H2,1-2H3. The van der Waals surface area contributed by atoms with Gasteiger partial charge in [-0.05, 0) is 44.0 Å². The lowest BCUT2D eigenvalue weighted by Crippen LogP contribution is -2.47. The minimum atomic E-state index is -0.759. The molecule has 10 nitrogen and oxygen atoms in total. The first-order chi connectivity index (χ1) is 21.5. The molecule has 7 rings (SSSR count). The molecule has 1 unspecified atom stereocenters. The minimum absolute atomic E-state index is 0.136. The first-order valence-electron chi connectivity index (χ1n) is 14.6. The van der Waals surface area contributed by atoms with Gasteiger partial charge in [-0.15, -0.1) is 10.2 Å². The van der Waals surface area contributed by atoms with Crippen molar-refractivity contribution in [2.45, 2.75) is 32.2 Å². The lowest BCUT2D eigenvalue weighted by atomic mass is 9.96. The Labute approximate surface area is 254 Å². The molecule has 3 aromatic heterocycles. The fourth-order valence-corrected chi connectivity index (χ4v) is 6.00. The molecule has 0 bridgehead atoms. The summed E-state index contributed by atoms with van der Waals surface area (Å²) in [7, 11) is 0. The predicted molar refractivity (Wildman–Crippen MR) is 169 cm³/mol. The number of H-pyrrole nitrogens is 1. The Morgan fingerprint density at radius 2 is 1.68 bits per heavy atom. The average Bonchev–Trinajstić information content (AvgIpc) is 3.65. The van der Waals surface area contributed by atoms with Crippen LogP contribution in [0.4, 0.5) is 11.5 Å². The fourth-order valence-electron chi connectivity index (χ4n) is 6.00. The van der Waals surface area contributed by atoms with Crippen LogP contribution >= 0.6 is 0 Å². The summed E-state index contributed by atoms with van der Waals surface area (Å²) < 4.78 is 1.87. The number of hydrogen-bond donors (Lipinski definition) is 1. The number of anilines is 2. The van der Waals surface area contributed by atoms with Crippen molar-refractivity contribution < 1.29 is 9.59 Å². The van der Waals surface area contributed by atoms with Crippen LogP contribution in [0.2, 0.25) is 0 Å². The monoisotopic (exact) mass is 582 g/mol. The van der Waals surface area contributed by atoms with E-state index in [0.29, 0.717) is 29.6 Å². The van der Waals surface area contributed by atoms with Crippen LogP contribution in [-0.4, -0.2) is 54.1 Å². The molecule has 1 N–H and O–H groups in total. The number of aromatic nitrogens is 6. The zero-order chi connectivity index (χ0) is 30.2. The molecule has 2 amide bonds. The van der Waals surface area contributed by atoms with Crippen LogP contribution < -0.4 is 9.80 Å². The highest BCUT2D eigenvalue weighted by Gasteiger charge is 2.40. The number of nitrogens with zero attached hydrogens (tertiary/aromatic N) is 7. The van der Waals surface area contributed by atoms with E-state index in [1.165, 1.54) is 11.2 Å². The van der Waals surface area contributed by atoms with Crippen molar-refractivity contribution in [3.05, 3.63) is 115 Å². The third kappa shape index (κ3) is 4.70. The van der Waals surface area contributed by atoms with Crippen LogP contribution in [0.5, 0.6) is 0 Å². The number of para-hydroxylation sites is 2. The summed E-state index contributed by atoms with van der Waals surface area (Å²) in [6.07, 6.45) is 5.32. The topological polar surface area (TPSA) is 113 Å². The maximum atomic E-state index is 14.7. The zero-order valence-electron chi connectivity index (χ0n) is 24.3. The molecule has 1 aliphatic rings. The second-order valence-corrected chi connectivity index (χ2v) is 11.0. The number of benzene rings is 3. The highest BCUT2D eigenvalue weighted by atomic mass is 16.2. The van der Waals surface area contributed by atoms with Gasteiger partial charge in [0.05, 0.1) is 6.20 Å². The molecular formula is C34H30N8O2. The number of fused-ring (bicyclic) bond motifs is 4. The van der Waals surface area contributed by atoms with Gasteiger partial charge in [-0.2, -0.15) is 0 Å². The molecule has 0 spiro atoms. The number of aromatic amines is 1. The van der Waals surface area contributed by atoms with E-state index < -0.39 is 5.92 Å². The summed E-state index contributed by atoms with van der Waals surface area (Å²) in [5.74, 6) is 0.0886. The van der Waals surface area contributed by atoms with Crippen molar-refractivity contribution >= 4 is 34.2 Å². The number of amides is 2. The van der Waals surface area contributed by atoms with Crippen molar-refractivity contribution in [1.82, 2.24) is 29.7 Å². The molecule has 0 saturated carbocycles. The Morgan fingerprint density at radius 3 is 2.45 bits per heavy atom. The van der Waals surface area contributed by atoms with Gasteiger partial charge in [-0.25, -0.2) is 9.97 Å². The summed E-state index contributed by atoms with van der Waals surface area (Å²) >= 11 is 0. The Hall–Kier alpha value is -5.64. The molecule has 0 fully saturated rings. The molecule has 0 saturated heterocycles. The van der Waals surface area contributed by atoms with Crippen LogP contribution in [-0.2, 0) is 16.0 Å². The van der Waals surface area contributed by atoms with Crippen molar-refractivity contribution in [3.63, 3.8) is 0 Å². The molecule has 4 heterocycles. The van der Waals surface area contributed by atoms with Gasteiger partial charge in [-0.3, -0.25) is 19.1 Å². The molecule has 0 aliphatic carbocycles. The Balaban J connectivity index is 1.38. The normalized spacial score (nSPS) is 14.4. The zero-order valence-corrected chi connectivity index (χ0v) is 24.3. The average molecular weight is 583 g/mol. The van der Waals surface area contributed by atoms with Crippen molar-refractivity contribution in [3.8, 4) is 17.1 Å². The summed E-state index contributed by atoms with van der Waals surface area (Å²) in [6.45, 7) is 3.70. The van der Waals surface area contributed by atoms with Crippen molar-refractivity contribution in [2.24, 2.45) is 0 Å². The largest absolute Gasteiger partial charge is 0.361 e. The second-order valence-electron chi connectivity index (χ2n) is 11.0. The van der Waals surface area contributed by atoms with E-state index in [2.05, 4.69) is 25.1 Å². The smallest absolute Gasteiger partial charge is 0.247 e. The van der Waals surface area contributed by atoms with Gasteiger partial charge >= 0.3 is 0 Å². The van der Waals surface area contributed by atoms with E-state index in [9.17, 15) is 9.59 Å². The number of carbonyl (C=O) groups is 2. The molecule has 218 valence electrons. The van der Waals surface area contributed by atoms with Gasteiger partial charge in [-0.1, -0.05) is 66.7 Å². The van der Waals surface area contributed by atoms with E-state index in [-0.39, 0.29) is 24.4 Å². The Morgan fingerprint density at radius 1 is 0.955 bits per heavy atom. The molecule has 0 radical (unpaired) electrons. The van der Waals surface area contributed by atoms with E-state index >= 15 is 0 Å². The second kappa shape index (κ2) is 11.2. The van der Waals surface area contributed by atoms with Gasteiger partial charge in [0.1, 0.15) is 24.5 Å². The third-order valence-corrected chi connectivity index (χ3v) is 7.98. The molecule has 44 heavy (non-hydrogen) atoms. The number of nitrogens with one attached hydrogen (secondary N) is 1. The first-order valence-corrected chi connectivity index (χ1v) is 14.6. The first kappa shape index (κ1) is 27.2. The summed E-state index contributed by atoms with van der Waals surface area (Å²) in [6, 6.07) is 27.0. The van der Waals surface area contributed by atoms with E-state index in [1.54, 1.807) is 11.1 Å². The van der Waals surface area contributed by atoms with Crippen LogP contribution in [0.25, 0.3) is 28.0 Å². The van der Waals surface area contributed by atoms with Gasteiger partial charge in [0, 0.05) is 34.4 Å². The number of hydrogen-bond acceptors (Lipinski definition) is 6. The lowest BCUT2D eigenvalue weighted by Gasteiger charge is -2.30. The summed E-state index contributed by atoms with van der Waals surface area (Å²) in [5, 5.41) is 10.2. The third-order valence-electron chi connectivity index (χ3n) is 7.98. The molecule has 1 aliphatic heterocycles. The van der Waals surface area contributed by atoms with E-state index in [4.69, 9.17) is 0 Å². The van der Waals surface area contributed by atoms with Crippen molar-refractivity contribution in [2.75, 3.05) is 16.3 Å². The summed E-state index contributed by atoms with van der Waals surface area (Å²) in [4.78, 5) is 44.2. The van der Waals surface area contributed by atoms with Crippen LogP contribution in [0, 0.1) is 0 Å². The van der Waals surface area contributed by atoms with Crippen LogP contribution in [0.1, 0.15) is 31.2 Å². The predicted octanol–water partition coefficient (Wildman–Crippen LogP) is 5.32. The SMILES string of the molecule is CC(C)N(C(=O)CN1C(=O)C(Cc2c[nH]c3ccccc23)c2nnc(-c3ccccc3)n2-c2cncnc21)c1ccccc1. The molecule has 3 aromatic carbocycles. The van der Waals surface area contributed by atoms with Gasteiger partial charge < -0.3 is 9.88 Å². The highest BCUT2D eigenvalue weighted by molar-refractivity contribution is 6.07. The molecule has 6 aromatic rings. The lowest BCUT2D eigenvalue weighted by molar-refractivity contribution is -0.123. The highest BCUT2D eigenvalue weighted by Crippen LogP contribution is 2.38. The van der Waals surface area contributed by atoms with Gasteiger partial charge in [0.2, 0.25) is 11.8 Å². The molecule has 1 atom stereocenters. The number of carbonyl (C=O) groups excluding carboxylic acids is 2. The Bertz CT molecular complexity index is 1970. The minimum Gasteiger partial charge on any atom is -0.361 e. The fraction of sp³-hybridized carbons (Fsp3) is 0.176. The Kier molecular flexibility index (Phi) is 6.94. The van der Waals surface area contributed by atoms with Crippen LogP contribution in [0.15, 0.2) is 104 Å². The van der Waals surface area contributed by atoms with E-state index in [0.717, 1.165) is 27.7 Å².